The fourth-order valence-electron chi connectivity index (χ4n) is 1.81. The van der Waals surface area contributed by atoms with Crippen molar-refractivity contribution < 1.29 is 9.53 Å². The normalized spacial score (nSPS) is 12.0. The molecule has 0 radical (unpaired) electrons. The van der Waals surface area contributed by atoms with Gasteiger partial charge in [0.25, 0.3) is 0 Å². The number of carbonyl (C=O) groups is 1. The first-order chi connectivity index (χ1) is 9.51. The van der Waals surface area contributed by atoms with E-state index in [2.05, 4.69) is 6.92 Å². The van der Waals surface area contributed by atoms with E-state index in [-0.39, 0.29) is 5.91 Å². The van der Waals surface area contributed by atoms with Crippen LogP contribution in [0.3, 0.4) is 0 Å². The summed E-state index contributed by atoms with van der Waals surface area (Å²) in [7, 11) is 3.25. The van der Waals surface area contributed by atoms with E-state index < -0.39 is 6.04 Å². The summed E-state index contributed by atoms with van der Waals surface area (Å²) in [5, 5.41) is 0. The summed E-state index contributed by atoms with van der Waals surface area (Å²) in [6, 6.07) is 4.68. The Morgan fingerprint density at radius 1 is 1.50 bits per heavy atom. The number of amides is 1. The first kappa shape index (κ1) is 16.7. The van der Waals surface area contributed by atoms with Gasteiger partial charge in [0, 0.05) is 12.7 Å². The molecule has 1 atom stereocenters. The number of nitrogens with zero attached hydrogens (tertiary/aromatic N) is 1. The van der Waals surface area contributed by atoms with Crippen molar-refractivity contribution in [3.05, 3.63) is 18.2 Å². The van der Waals surface area contributed by atoms with E-state index >= 15 is 0 Å². The molecular weight excluding hydrogens is 274 g/mol. The highest BCUT2D eigenvalue weighted by Gasteiger charge is 2.21. The number of carbonyl (C=O) groups excluding carboxylic acids is 1. The summed E-state index contributed by atoms with van der Waals surface area (Å²) < 4.78 is 5.26. The Bertz CT molecular complexity index is 454. The van der Waals surface area contributed by atoms with Crippen LogP contribution in [-0.2, 0) is 4.79 Å². The lowest BCUT2D eigenvalue weighted by atomic mass is 10.2. The number of hydrogen-bond acceptors (Lipinski definition) is 5. The van der Waals surface area contributed by atoms with Crippen molar-refractivity contribution in [2.24, 2.45) is 5.73 Å². The SMILES string of the molecule is CCSCC[C@H](N)C(=O)N(C)c1cc(N)ccc1OC. The topological polar surface area (TPSA) is 81.6 Å². The predicted molar refractivity (Wildman–Crippen MR) is 86.4 cm³/mol. The molecule has 0 saturated heterocycles. The number of ether oxygens (including phenoxy) is 1. The van der Waals surface area contributed by atoms with Gasteiger partial charge in [0.15, 0.2) is 0 Å². The highest BCUT2D eigenvalue weighted by molar-refractivity contribution is 7.99. The summed E-state index contributed by atoms with van der Waals surface area (Å²) in [4.78, 5) is 13.8. The molecule has 0 fully saturated rings. The Morgan fingerprint density at radius 2 is 2.20 bits per heavy atom. The maximum absolute atomic E-state index is 12.3. The molecule has 5 nitrogen and oxygen atoms in total. The summed E-state index contributed by atoms with van der Waals surface area (Å²) in [6.07, 6.45) is 0.659. The lowest BCUT2D eigenvalue weighted by Gasteiger charge is -2.23. The number of methoxy groups -OCH3 is 1. The van der Waals surface area contributed by atoms with Crippen LogP contribution in [0.1, 0.15) is 13.3 Å². The Hall–Kier alpha value is -1.40. The monoisotopic (exact) mass is 297 g/mol. The van der Waals surface area contributed by atoms with E-state index in [0.29, 0.717) is 23.5 Å². The molecular formula is C14H23N3O2S. The van der Waals surface area contributed by atoms with Crippen molar-refractivity contribution in [2.45, 2.75) is 19.4 Å². The van der Waals surface area contributed by atoms with Gasteiger partial charge < -0.3 is 21.1 Å². The summed E-state index contributed by atoms with van der Waals surface area (Å²) in [5.74, 6) is 2.38. The Balaban J connectivity index is 2.80. The maximum atomic E-state index is 12.3. The molecule has 112 valence electrons. The zero-order chi connectivity index (χ0) is 15.1. The van der Waals surface area contributed by atoms with Crippen LogP contribution in [0.5, 0.6) is 5.75 Å². The molecule has 0 aliphatic carbocycles. The molecule has 0 spiro atoms. The third-order valence-corrected chi connectivity index (χ3v) is 3.92. The van der Waals surface area contributed by atoms with Crippen LogP contribution in [0.2, 0.25) is 0 Å². The van der Waals surface area contributed by atoms with Crippen LogP contribution < -0.4 is 21.1 Å². The van der Waals surface area contributed by atoms with Gasteiger partial charge in [-0.05, 0) is 36.1 Å². The third-order valence-electron chi connectivity index (χ3n) is 2.99. The van der Waals surface area contributed by atoms with Gasteiger partial charge in [-0.2, -0.15) is 11.8 Å². The average molecular weight is 297 g/mol. The minimum Gasteiger partial charge on any atom is -0.495 e. The highest BCUT2D eigenvalue weighted by atomic mass is 32.2. The van der Waals surface area contributed by atoms with Gasteiger partial charge in [-0.25, -0.2) is 0 Å². The van der Waals surface area contributed by atoms with Crippen LogP contribution in [0.4, 0.5) is 11.4 Å². The van der Waals surface area contributed by atoms with E-state index in [1.165, 1.54) is 4.90 Å². The van der Waals surface area contributed by atoms with Crippen molar-refractivity contribution in [3.63, 3.8) is 0 Å². The fourth-order valence-corrected chi connectivity index (χ4v) is 2.52. The number of nitrogen functional groups attached to an aromatic ring is 1. The number of nitrogens with two attached hydrogens (primary N) is 2. The second-order valence-corrected chi connectivity index (χ2v) is 5.81. The molecule has 20 heavy (non-hydrogen) atoms. The van der Waals surface area contributed by atoms with Gasteiger partial charge in [-0.3, -0.25) is 4.79 Å². The van der Waals surface area contributed by atoms with Gasteiger partial charge in [0.1, 0.15) is 5.75 Å². The number of benzene rings is 1. The van der Waals surface area contributed by atoms with Crippen molar-refractivity contribution in [3.8, 4) is 5.75 Å². The first-order valence-electron chi connectivity index (χ1n) is 6.55. The molecule has 0 bridgehead atoms. The fraction of sp³-hybridized carbons (Fsp3) is 0.500. The predicted octanol–water partition coefficient (Wildman–Crippen LogP) is 1.71. The number of likely N-dealkylation sites (N-methyl/N-ethyl adjacent to an activating group) is 1. The quantitative estimate of drug-likeness (QED) is 0.591. The summed E-state index contributed by atoms with van der Waals surface area (Å²) in [6.45, 7) is 2.09. The van der Waals surface area contributed by atoms with Gasteiger partial charge in [-0.15, -0.1) is 0 Å². The van der Waals surface area contributed by atoms with Crippen molar-refractivity contribution in [2.75, 3.05) is 36.3 Å². The summed E-state index contributed by atoms with van der Waals surface area (Å²) >= 11 is 1.78. The van der Waals surface area contributed by atoms with Crippen LogP contribution in [0.15, 0.2) is 18.2 Å². The number of anilines is 2. The smallest absolute Gasteiger partial charge is 0.243 e. The number of hydrogen-bond donors (Lipinski definition) is 2. The molecule has 1 aromatic rings. The molecule has 0 aromatic heterocycles. The molecule has 6 heteroatoms. The summed E-state index contributed by atoms with van der Waals surface area (Å²) in [5.41, 5.74) is 12.9. The van der Waals surface area contributed by atoms with Gasteiger partial charge in [-0.1, -0.05) is 6.92 Å². The molecule has 1 aromatic carbocycles. The molecule has 0 aliphatic rings. The zero-order valence-electron chi connectivity index (χ0n) is 12.3. The Kier molecular flexibility index (Phi) is 6.67. The van der Waals surface area contributed by atoms with Crippen LogP contribution in [0.25, 0.3) is 0 Å². The van der Waals surface area contributed by atoms with Crippen molar-refractivity contribution in [1.29, 1.82) is 0 Å². The van der Waals surface area contributed by atoms with Crippen LogP contribution in [-0.4, -0.2) is 37.6 Å². The van der Waals surface area contributed by atoms with Crippen molar-refractivity contribution >= 4 is 29.0 Å². The van der Waals surface area contributed by atoms with E-state index in [1.807, 2.05) is 0 Å². The molecule has 0 aliphatic heterocycles. The second kappa shape index (κ2) is 8.01. The molecule has 1 rings (SSSR count). The second-order valence-electron chi connectivity index (χ2n) is 4.42. The molecule has 0 saturated carbocycles. The third kappa shape index (κ3) is 4.31. The van der Waals surface area contributed by atoms with E-state index in [9.17, 15) is 4.79 Å². The lowest BCUT2D eigenvalue weighted by Crippen LogP contribution is -2.42. The molecule has 0 heterocycles. The van der Waals surface area contributed by atoms with Crippen LogP contribution in [0, 0.1) is 0 Å². The largest absolute Gasteiger partial charge is 0.495 e. The van der Waals surface area contributed by atoms with E-state index in [4.69, 9.17) is 16.2 Å². The number of thioether (sulfide) groups is 1. The Labute approximate surface area is 124 Å². The highest BCUT2D eigenvalue weighted by Crippen LogP contribution is 2.30. The van der Waals surface area contributed by atoms with Gasteiger partial charge in [0.2, 0.25) is 5.91 Å². The van der Waals surface area contributed by atoms with Crippen molar-refractivity contribution in [1.82, 2.24) is 0 Å². The van der Waals surface area contributed by atoms with E-state index in [0.717, 1.165) is 11.5 Å². The van der Waals surface area contributed by atoms with Gasteiger partial charge >= 0.3 is 0 Å². The van der Waals surface area contributed by atoms with Crippen LogP contribution >= 0.6 is 11.8 Å². The Morgan fingerprint density at radius 3 is 2.80 bits per heavy atom. The first-order valence-corrected chi connectivity index (χ1v) is 7.71. The standard InChI is InChI=1S/C14H23N3O2S/c1-4-20-8-7-11(16)14(18)17(2)12-9-10(15)5-6-13(12)19-3/h5-6,9,11H,4,7-8,15-16H2,1-3H3/t11-/m0/s1. The van der Waals surface area contributed by atoms with E-state index in [1.54, 1.807) is 44.1 Å². The minimum absolute atomic E-state index is 0.134. The molecule has 0 unspecified atom stereocenters. The molecule has 4 N–H and O–H groups in total. The lowest BCUT2D eigenvalue weighted by molar-refractivity contribution is -0.119. The number of rotatable bonds is 7. The minimum atomic E-state index is -0.509. The molecule has 1 amide bonds. The van der Waals surface area contributed by atoms with Gasteiger partial charge in [0.05, 0.1) is 18.8 Å². The maximum Gasteiger partial charge on any atom is 0.243 e. The zero-order valence-corrected chi connectivity index (χ0v) is 13.1. The average Bonchev–Trinajstić information content (AvgIpc) is 2.45.